The summed E-state index contributed by atoms with van der Waals surface area (Å²) >= 11 is 0. The summed E-state index contributed by atoms with van der Waals surface area (Å²) in [6, 6.07) is 3.36. The van der Waals surface area contributed by atoms with E-state index in [0.717, 1.165) is 24.5 Å². The molecule has 1 aromatic heterocycles. The summed E-state index contributed by atoms with van der Waals surface area (Å²) in [6.45, 7) is 5.53. The Balaban J connectivity index is 2.00. The fourth-order valence-corrected chi connectivity index (χ4v) is 3.02. The van der Waals surface area contributed by atoms with Crippen molar-refractivity contribution < 1.29 is 9.59 Å². The minimum atomic E-state index is -0.538. The molecule has 132 valence electrons. The van der Waals surface area contributed by atoms with E-state index in [1.165, 1.54) is 39.0 Å². The van der Waals surface area contributed by atoms with Crippen molar-refractivity contribution in [1.82, 2.24) is 15.6 Å². The van der Waals surface area contributed by atoms with Gasteiger partial charge in [0.25, 0.3) is 0 Å². The van der Waals surface area contributed by atoms with E-state index < -0.39 is 6.04 Å². The van der Waals surface area contributed by atoms with Crippen molar-refractivity contribution in [3.63, 3.8) is 0 Å². The second kappa shape index (κ2) is 9.25. The van der Waals surface area contributed by atoms with Crippen LogP contribution in [0.2, 0.25) is 0 Å². The normalized spacial score (nSPS) is 16.7. The molecule has 2 heterocycles. The van der Waals surface area contributed by atoms with Crippen LogP contribution >= 0.6 is 0 Å². The Labute approximate surface area is 144 Å². The number of anilines is 1. The highest BCUT2D eigenvalue weighted by molar-refractivity contribution is 5.86. The number of rotatable bonds is 5. The van der Waals surface area contributed by atoms with E-state index in [1.807, 2.05) is 12.1 Å². The third-order valence-corrected chi connectivity index (χ3v) is 4.29. The summed E-state index contributed by atoms with van der Waals surface area (Å²) in [6.07, 6.45) is 8.02. The summed E-state index contributed by atoms with van der Waals surface area (Å²) in [5, 5.41) is 5.49. The van der Waals surface area contributed by atoms with E-state index in [2.05, 4.69) is 20.5 Å². The number of pyridine rings is 1. The maximum atomic E-state index is 12.1. The predicted molar refractivity (Wildman–Crippen MR) is 94.7 cm³/mol. The zero-order valence-electron chi connectivity index (χ0n) is 14.7. The fourth-order valence-electron chi connectivity index (χ4n) is 3.02. The minimum absolute atomic E-state index is 0.187. The van der Waals surface area contributed by atoms with Crippen LogP contribution in [0.1, 0.15) is 51.5 Å². The second-order valence-electron chi connectivity index (χ2n) is 6.38. The molecule has 24 heavy (non-hydrogen) atoms. The number of hydrogen-bond donors (Lipinski definition) is 2. The highest BCUT2D eigenvalue weighted by atomic mass is 16.2. The summed E-state index contributed by atoms with van der Waals surface area (Å²) in [7, 11) is 0. The van der Waals surface area contributed by atoms with Crippen molar-refractivity contribution >= 4 is 17.6 Å². The maximum absolute atomic E-state index is 12.1. The lowest BCUT2D eigenvalue weighted by Crippen LogP contribution is -2.43. The van der Waals surface area contributed by atoms with Crippen molar-refractivity contribution in [3.05, 3.63) is 23.9 Å². The number of aromatic nitrogens is 1. The van der Waals surface area contributed by atoms with Gasteiger partial charge in [0.15, 0.2) is 0 Å². The quantitative estimate of drug-likeness (QED) is 0.865. The molecular formula is C18H28N4O2. The van der Waals surface area contributed by atoms with Gasteiger partial charge in [-0.15, -0.1) is 0 Å². The third-order valence-electron chi connectivity index (χ3n) is 4.29. The van der Waals surface area contributed by atoms with Crippen LogP contribution in [0.4, 0.5) is 5.82 Å². The molecule has 1 atom stereocenters. The average molecular weight is 332 g/mol. The van der Waals surface area contributed by atoms with Gasteiger partial charge in [-0.25, -0.2) is 4.98 Å². The van der Waals surface area contributed by atoms with Gasteiger partial charge in [0.2, 0.25) is 11.8 Å². The van der Waals surface area contributed by atoms with Gasteiger partial charge in [0.05, 0.1) is 0 Å². The average Bonchev–Trinajstić information content (AvgIpc) is 2.52. The number of carbonyl (C=O) groups excluding carboxylic acids is 2. The SMILES string of the molecule is CC(=O)N[C@@H](C)C(=O)NCc1cccnc1N1CCCCCCC1. The van der Waals surface area contributed by atoms with E-state index in [9.17, 15) is 9.59 Å². The Kier molecular flexibility index (Phi) is 7.03. The molecule has 0 unspecified atom stereocenters. The first-order valence-electron chi connectivity index (χ1n) is 8.81. The molecule has 1 fully saturated rings. The summed E-state index contributed by atoms with van der Waals surface area (Å²) in [5.74, 6) is 0.569. The number of carbonyl (C=O) groups is 2. The van der Waals surface area contributed by atoms with Gasteiger partial charge in [0, 0.05) is 38.3 Å². The molecular weight excluding hydrogens is 304 g/mol. The zero-order chi connectivity index (χ0) is 17.4. The second-order valence-corrected chi connectivity index (χ2v) is 6.38. The highest BCUT2D eigenvalue weighted by Gasteiger charge is 2.17. The zero-order valence-corrected chi connectivity index (χ0v) is 14.7. The standard InChI is InChI=1S/C18H28N4O2/c1-14(21-15(2)23)18(24)20-13-16-9-8-10-19-17(16)22-11-6-4-3-5-7-12-22/h8-10,14H,3-7,11-13H2,1-2H3,(H,20,24)(H,21,23)/t14-/m0/s1. The number of amides is 2. The highest BCUT2D eigenvalue weighted by Crippen LogP contribution is 2.21. The molecule has 0 spiro atoms. The Bertz CT molecular complexity index is 554. The van der Waals surface area contributed by atoms with Crippen molar-refractivity contribution in [2.75, 3.05) is 18.0 Å². The molecule has 6 heteroatoms. The maximum Gasteiger partial charge on any atom is 0.242 e. The van der Waals surface area contributed by atoms with Crippen LogP contribution in [0.25, 0.3) is 0 Å². The Morgan fingerprint density at radius 1 is 1.21 bits per heavy atom. The smallest absolute Gasteiger partial charge is 0.242 e. The lowest BCUT2D eigenvalue weighted by Gasteiger charge is -2.27. The molecule has 0 aromatic carbocycles. The number of nitrogens with one attached hydrogen (secondary N) is 2. The largest absolute Gasteiger partial charge is 0.356 e. The molecule has 0 saturated carbocycles. The molecule has 0 radical (unpaired) electrons. The van der Waals surface area contributed by atoms with E-state index in [-0.39, 0.29) is 11.8 Å². The molecule has 1 aliphatic rings. The summed E-state index contributed by atoms with van der Waals surface area (Å²) in [4.78, 5) is 30.0. The van der Waals surface area contributed by atoms with Gasteiger partial charge in [-0.2, -0.15) is 0 Å². The van der Waals surface area contributed by atoms with Crippen LogP contribution < -0.4 is 15.5 Å². The van der Waals surface area contributed by atoms with Gasteiger partial charge in [-0.3, -0.25) is 9.59 Å². The van der Waals surface area contributed by atoms with Crippen molar-refractivity contribution in [2.24, 2.45) is 0 Å². The van der Waals surface area contributed by atoms with E-state index >= 15 is 0 Å². The molecule has 2 N–H and O–H groups in total. The Hall–Kier alpha value is -2.11. The summed E-state index contributed by atoms with van der Waals surface area (Å²) < 4.78 is 0. The molecule has 1 aromatic rings. The molecule has 1 aliphatic heterocycles. The third kappa shape index (κ3) is 5.51. The Morgan fingerprint density at radius 2 is 1.88 bits per heavy atom. The molecule has 6 nitrogen and oxygen atoms in total. The summed E-state index contributed by atoms with van der Waals surface area (Å²) in [5.41, 5.74) is 1.02. The van der Waals surface area contributed by atoms with Gasteiger partial charge >= 0.3 is 0 Å². The number of nitrogens with zero attached hydrogens (tertiary/aromatic N) is 2. The van der Waals surface area contributed by atoms with Crippen LogP contribution in [0.3, 0.4) is 0 Å². The van der Waals surface area contributed by atoms with E-state index in [4.69, 9.17) is 0 Å². The van der Waals surface area contributed by atoms with Crippen molar-refractivity contribution in [3.8, 4) is 0 Å². The van der Waals surface area contributed by atoms with Gasteiger partial charge in [-0.05, 0) is 25.8 Å². The van der Waals surface area contributed by atoms with E-state index in [0.29, 0.717) is 6.54 Å². The fraction of sp³-hybridized carbons (Fsp3) is 0.611. The van der Waals surface area contributed by atoms with Crippen LogP contribution in [0, 0.1) is 0 Å². The lowest BCUT2D eigenvalue weighted by molar-refractivity contribution is -0.127. The van der Waals surface area contributed by atoms with Crippen molar-refractivity contribution in [1.29, 1.82) is 0 Å². The van der Waals surface area contributed by atoms with Crippen LogP contribution in [0.15, 0.2) is 18.3 Å². The number of hydrogen-bond acceptors (Lipinski definition) is 4. The minimum Gasteiger partial charge on any atom is -0.356 e. The molecule has 2 amide bonds. The first-order chi connectivity index (χ1) is 11.6. The van der Waals surface area contributed by atoms with Crippen molar-refractivity contribution in [2.45, 2.75) is 58.5 Å². The topological polar surface area (TPSA) is 74.3 Å². The predicted octanol–water partition coefficient (Wildman–Crippen LogP) is 1.99. The van der Waals surface area contributed by atoms with E-state index in [1.54, 1.807) is 13.1 Å². The monoisotopic (exact) mass is 332 g/mol. The lowest BCUT2D eigenvalue weighted by atomic mass is 10.1. The van der Waals surface area contributed by atoms with Gasteiger partial charge in [0.1, 0.15) is 11.9 Å². The molecule has 0 aliphatic carbocycles. The molecule has 2 rings (SSSR count). The first kappa shape index (κ1) is 18.2. The van der Waals surface area contributed by atoms with Gasteiger partial charge < -0.3 is 15.5 Å². The molecule has 0 bridgehead atoms. The first-order valence-corrected chi connectivity index (χ1v) is 8.81. The van der Waals surface area contributed by atoms with Crippen LogP contribution in [0.5, 0.6) is 0 Å². The van der Waals surface area contributed by atoms with Crippen LogP contribution in [-0.4, -0.2) is 35.9 Å². The Morgan fingerprint density at radius 3 is 2.54 bits per heavy atom. The van der Waals surface area contributed by atoms with Crippen LogP contribution in [-0.2, 0) is 16.1 Å². The molecule has 1 saturated heterocycles. The van der Waals surface area contributed by atoms with Gasteiger partial charge in [-0.1, -0.05) is 25.3 Å².